The molecule has 0 radical (unpaired) electrons. The monoisotopic (exact) mass is 301 g/mol. The normalized spacial score (nSPS) is 11.2. The second-order valence-corrected chi connectivity index (χ2v) is 4.65. The molecule has 0 aliphatic heterocycles. The number of H-pyrrole nitrogens is 1. The molecule has 1 aromatic carbocycles. The number of methoxy groups -OCH3 is 1. The van der Waals surface area contributed by atoms with Crippen LogP contribution >= 0.6 is 0 Å². The van der Waals surface area contributed by atoms with Crippen LogP contribution in [-0.2, 0) is 11.2 Å². The van der Waals surface area contributed by atoms with Gasteiger partial charge in [-0.3, -0.25) is 4.79 Å². The molecule has 0 atom stereocenters. The van der Waals surface area contributed by atoms with Crippen LogP contribution in [0.2, 0.25) is 0 Å². The molecule has 0 fully saturated rings. The molecule has 1 aromatic heterocycles. The first-order valence-corrected chi connectivity index (χ1v) is 6.48. The Bertz CT molecular complexity index is 712. The molecule has 22 heavy (non-hydrogen) atoms. The second-order valence-electron chi connectivity index (χ2n) is 4.65. The van der Waals surface area contributed by atoms with Gasteiger partial charge in [0.15, 0.2) is 0 Å². The molecule has 114 valence electrons. The molecule has 3 N–H and O–H groups in total. The first kappa shape index (κ1) is 15.4. The largest absolute Gasteiger partial charge is 0.502 e. The van der Waals surface area contributed by atoms with Gasteiger partial charge in [0.05, 0.1) is 12.8 Å². The average Bonchev–Trinajstić information content (AvgIpc) is 2.96. The summed E-state index contributed by atoms with van der Waals surface area (Å²) in [7, 11) is 1.60. The molecule has 1 heterocycles. The number of aliphatic hydroxyl groups excluding tert-OH is 1. The lowest BCUT2D eigenvalue weighted by Crippen LogP contribution is -2.04. The topological polar surface area (TPSA) is 99.6 Å². The van der Waals surface area contributed by atoms with E-state index in [-0.39, 0.29) is 5.69 Å². The molecule has 0 bridgehead atoms. The maximum Gasteiger partial charge on any atom is 0.371 e. The molecular formula is C16H15NO5. The number of hydrogen-bond donors (Lipinski definition) is 3. The third-order valence-electron chi connectivity index (χ3n) is 3.06. The zero-order chi connectivity index (χ0) is 16.1. The van der Waals surface area contributed by atoms with Crippen molar-refractivity contribution in [3.63, 3.8) is 0 Å². The first-order valence-electron chi connectivity index (χ1n) is 6.48. The Balaban J connectivity index is 2.09. The molecule has 6 nitrogen and oxygen atoms in total. The summed E-state index contributed by atoms with van der Waals surface area (Å²) in [6.07, 6.45) is 2.96. The lowest BCUT2D eigenvalue weighted by Gasteiger charge is -2.01. The number of aromatic nitrogens is 1. The van der Waals surface area contributed by atoms with Gasteiger partial charge in [-0.05, 0) is 35.7 Å². The molecule has 0 saturated heterocycles. The Morgan fingerprint density at radius 1 is 1.18 bits per heavy atom. The number of ether oxygens (including phenoxy) is 1. The van der Waals surface area contributed by atoms with E-state index in [1.807, 2.05) is 24.3 Å². The summed E-state index contributed by atoms with van der Waals surface area (Å²) < 4.78 is 5.08. The van der Waals surface area contributed by atoms with Gasteiger partial charge in [0, 0.05) is 12.3 Å². The SMILES string of the molecule is COc1ccc(Cc2c[nH]c(C(=O)C=C(O)C(=O)O)c2)cc1. The van der Waals surface area contributed by atoms with Crippen LogP contribution < -0.4 is 4.74 Å². The van der Waals surface area contributed by atoms with Crippen LogP contribution in [0.4, 0.5) is 0 Å². The maximum absolute atomic E-state index is 11.8. The lowest BCUT2D eigenvalue weighted by molar-refractivity contribution is -0.135. The Labute approximate surface area is 126 Å². The highest BCUT2D eigenvalue weighted by Gasteiger charge is 2.11. The van der Waals surface area contributed by atoms with Gasteiger partial charge in [-0.2, -0.15) is 0 Å². The van der Waals surface area contributed by atoms with Crippen molar-refractivity contribution in [2.75, 3.05) is 7.11 Å². The number of rotatable bonds is 6. The van der Waals surface area contributed by atoms with E-state index in [9.17, 15) is 9.59 Å². The Morgan fingerprint density at radius 3 is 2.45 bits per heavy atom. The molecule has 0 spiro atoms. The van der Waals surface area contributed by atoms with E-state index in [1.54, 1.807) is 19.4 Å². The summed E-state index contributed by atoms with van der Waals surface area (Å²) in [5.41, 5.74) is 2.13. The lowest BCUT2D eigenvalue weighted by atomic mass is 10.1. The third-order valence-corrected chi connectivity index (χ3v) is 3.06. The average molecular weight is 301 g/mol. The number of carboxylic acids is 1. The van der Waals surface area contributed by atoms with Gasteiger partial charge in [0.2, 0.25) is 11.5 Å². The van der Waals surface area contributed by atoms with E-state index in [2.05, 4.69) is 4.98 Å². The van der Waals surface area contributed by atoms with Crippen molar-refractivity contribution in [2.24, 2.45) is 0 Å². The van der Waals surface area contributed by atoms with Crippen LogP contribution in [-0.4, -0.2) is 34.1 Å². The number of carboxylic acid groups (broad SMARTS) is 1. The number of ketones is 1. The molecule has 0 unspecified atom stereocenters. The summed E-state index contributed by atoms with van der Waals surface area (Å²) in [6, 6.07) is 9.16. The summed E-state index contributed by atoms with van der Waals surface area (Å²) >= 11 is 0. The fraction of sp³-hybridized carbons (Fsp3) is 0.125. The third kappa shape index (κ3) is 3.76. The highest BCUT2D eigenvalue weighted by molar-refractivity contribution is 6.06. The highest BCUT2D eigenvalue weighted by Crippen LogP contribution is 2.16. The molecular weight excluding hydrogens is 286 g/mol. The smallest absolute Gasteiger partial charge is 0.371 e. The van der Waals surface area contributed by atoms with Crippen LogP contribution in [0.25, 0.3) is 0 Å². The highest BCUT2D eigenvalue weighted by atomic mass is 16.5. The van der Waals surface area contributed by atoms with E-state index in [0.29, 0.717) is 12.5 Å². The number of carbonyl (C=O) groups excluding carboxylic acids is 1. The van der Waals surface area contributed by atoms with Crippen molar-refractivity contribution in [3.8, 4) is 5.75 Å². The van der Waals surface area contributed by atoms with Crippen LogP contribution in [0.5, 0.6) is 5.75 Å². The van der Waals surface area contributed by atoms with Gasteiger partial charge in [-0.25, -0.2) is 4.79 Å². The fourth-order valence-electron chi connectivity index (χ4n) is 1.93. The summed E-state index contributed by atoms with van der Waals surface area (Å²) in [4.78, 5) is 25.0. The zero-order valence-electron chi connectivity index (χ0n) is 11.9. The quantitative estimate of drug-likeness (QED) is 0.432. The van der Waals surface area contributed by atoms with Crippen molar-refractivity contribution in [2.45, 2.75) is 6.42 Å². The van der Waals surface area contributed by atoms with Crippen molar-refractivity contribution in [1.82, 2.24) is 4.98 Å². The van der Waals surface area contributed by atoms with E-state index >= 15 is 0 Å². The first-order chi connectivity index (χ1) is 10.5. The van der Waals surface area contributed by atoms with Gasteiger partial charge in [0.1, 0.15) is 5.75 Å². The van der Waals surface area contributed by atoms with E-state index in [0.717, 1.165) is 16.9 Å². The summed E-state index contributed by atoms with van der Waals surface area (Å²) in [5.74, 6) is -2.36. The number of allylic oxidation sites excluding steroid dienone is 1. The van der Waals surface area contributed by atoms with Gasteiger partial charge < -0.3 is 19.9 Å². The Morgan fingerprint density at radius 2 is 1.86 bits per heavy atom. The molecule has 0 saturated carbocycles. The van der Waals surface area contributed by atoms with Crippen LogP contribution in [0, 0.1) is 0 Å². The molecule has 0 amide bonds. The number of aliphatic carboxylic acids is 1. The molecule has 0 aliphatic carbocycles. The minimum absolute atomic E-state index is 0.219. The molecule has 2 rings (SSSR count). The van der Waals surface area contributed by atoms with Crippen LogP contribution in [0.3, 0.4) is 0 Å². The van der Waals surface area contributed by atoms with Crippen molar-refractivity contribution >= 4 is 11.8 Å². The van der Waals surface area contributed by atoms with Gasteiger partial charge >= 0.3 is 5.97 Å². The van der Waals surface area contributed by atoms with Crippen molar-refractivity contribution in [1.29, 1.82) is 0 Å². The van der Waals surface area contributed by atoms with Crippen molar-refractivity contribution in [3.05, 3.63) is 65.2 Å². The number of carbonyl (C=O) groups is 2. The predicted octanol–water partition coefficient (Wildman–Crippen LogP) is 2.32. The summed E-state index contributed by atoms with van der Waals surface area (Å²) in [6.45, 7) is 0. The maximum atomic E-state index is 11.8. The number of nitrogens with one attached hydrogen (secondary N) is 1. The van der Waals surface area contributed by atoms with Crippen LogP contribution in [0.1, 0.15) is 21.6 Å². The minimum Gasteiger partial charge on any atom is -0.502 e. The van der Waals surface area contributed by atoms with Gasteiger partial charge in [0.25, 0.3) is 0 Å². The number of benzene rings is 1. The Hall–Kier alpha value is -3.02. The van der Waals surface area contributed by atoms with Crippen molar-refractivity contribution < 1.29 is 24.5 Å². The Kier molecular flexibility index (Phi) is 4.63. The molecule has 2 aromatic rings. The van der Waals surface area contributed by atoms with E-state index in [1.165, 1.54) is 0 Å². The molecule has 6 heteroatoms. The van der Waals surface area contributed by atoms with Gasteiger partial charge in [-0.15, -0.1) is 0 Å². The van der Waals surface area contributed by atoms with E-state index < -0.39 is 17.5 Å². The van der Waals surface area contributed by atoms with E-state index in [4.69, 9.17) is 14.9 Å². The number of hydrogen-bond acceptors (Lipinski definition) is 4. The van der Waals surface area contributed by atoms with Gasteiger partial charge in [-0.1, -0.05) is 12.1 Å². The molecule has 0 aliphatic rings. The minimum atomic E-state index is -1.54. The van der Waals surface area contributed by atoms with Crippen LogP contribution in [0.15, 0.2) is 48.4 Å². The fourth-order valence-corrected chi connectivity index (χ4v) is 1.93. The zero-order valence-corrected chi connectivity index (χ0v) is 11.9. The second kappa shape index (κ2) is 6.62. The number of aromatic amines is 1. The predicted molar refractivity (Wildman–Crippen MR) is 79.3 cm³/mol. The number of aliphatic hydroxyl groups is 1. The summed E-state index contributed by atoms with van der Waals surface area (Å²) in [5, 5.41) is 17.6. The standard InChI is InChI=1S/C16H15NO5/c1-22-12-4-2-10(3-5-12)6-11-7-13(17-9-11)14(18)8-15(19)16(20)21/h2-5,7-9,17,19H,6H2,1H3,(H,20,21).